The zero-order valence-corrected chi connectivity index (χ0v) is 52.3. The molecule has 0 radical (unpaired) electrons. The van der Waals surface area contributed by atoms with Crippen molar-refractivity contribution in [3.8, 4) is 0 Å². The van der Waals surface area contributed by atoms with Crippen LogP contribution in [0.15, 0.2) is 60.8 Å². The van der Waals surface area contributed by atoms with Gasteiger partial charge in [0.15, 0.2) is 6.29 Å². The number of nitrogens with one attached hydrogen (secondary N) is 1. The van der Waals surface area contributed by atoms with Crippen LogP contribution in [-0.2, 0) is 14.3 Å². The zero-order chi connectivity index (χ0) is 57.9. The second-order valence-electron chi connectivity index (χ2n) is 24.0. The Labute approximate surface area is 494 Å². The smallest absolute Gasteiger partial charge is 0.220 e. The Hall–Kier alpha value is -2.11. The van der Waals surface area contributed by atoms with Gasteiger partial charge < -0.3 is 40.3 Å². The van der Waals surface area contributed by atoms with Crippen LogP contribution < -0.4 is 5.32 Å². The van der Waals surface area contributed by atoms with Crippen molar-refractivity contribution >= 4 is 5.91 Å². The minimum atomic E-state index is -1.58. The number of unbranched alkanes of at least 4 members (excludes halogenated alkanes) is 42. The number of hydrogen-bond donors (Lipinski definition) is 6. The van der Waals surface area contributed by atoms with Gasteiger partial charge in [0.2, 0.25) is 5.91 Å². The molecule has 1 aliphatic rings. The monoisotopic (exact) mass is 1130 g/mol. The number of ether oxygens (including phenoxy) is 2. The molecule has 1 rings (SSSR count). The Bertz CT molecular complexity index is 1450. The van der Waals surface area contributed by atoms with Crippen molar-refractivity contribution < 1.29 is 39.8 Å². The van der Waals surface area contributed by atoms with Crippen molar-refractivity contribution in [3.05, 3.63) is 60.8 Å². The van der Waals surface area contributed by atoms with Gasteiger partial charge in [0.1, 0.15) is 24.4 Å². The standard InChI is InChI=1S/C71H131NO8/c1-3-5-7-9-11-13-15-17-19-21-23-25-27-29-30-31-32-33-34-35-36-37-39-41-43-45-47-49-51-53-55-57-59-61-67(75)72-64(63-79-71-70(78)69(77)68(76)66(62-73)80-71)65(74)60-58-56-54-52-50-48-46-44-42-40-38-28-26-24-22-20-18-16-14-12-10-8-6-4-2/h23,25,29-30,42,44,50,52,58,60,64-66,68-71,73-74,76-78H,3-22,24,26-28,31-41,43,45-49,51,53-57,59,61-63H2,1-2H3,(H,72,75)/b25-23-,30-29-,44-42+,52-50+,60-58+. The van der Waals surface area contributed by atoms with Gasteiger partial charge in [-0.15, -0.1) is 0 Å². The van der Waals surface area contributed by atoms with E-state index in [1.54, 1.807) is 6.08 Å². The molecule has 0 aromatic carbocycles. The molecule has 80 heavy (non-hydrogen) atoms. The lowest BCUT2D eigenvalue weighted by Gasteiger charge is -2.40. The van der Waals surface area contributed by atoms with Crippen LogP contribution in [0.2, 0.25) is 0 Å². The van der Waals surface area contributed by atoms with Crippen LogP contribution in [0, 0.1) is 0 Å². The van der Waals surface area contributed by atoms with Crippen LogP contribution in [-0.4, -0.2) is 87.5 Å². The molecular weight excluding hydrogens is 995 g/mol. The number of allylic oxidation sites excluding steroid dienone is 9. The summed E-state index contributed by atoms with van der Waals surface area (Å²) in [4.78, 5) is 13.1. The molecular formula is C71H131NO8. The second-order valence-corrected chi connectivity index (χ2v) is 24.0. The summed E-state index contributed by atoms with van der Waals surface area (Å²) in [6.45, 7) is 3.80. The highest BCUT2D eigenvalue weighted by atomic mass is 16.7. The summed E-state index contributed by atoms with van der Waals surface area (Å²) in [7, 11) is 0. The Morgan fingerprint density at radius 3 is 1.12 bits per heavy atom. The van der Waals surface area contributed by atoms with Gasteiger partial charge >= 0.3 is 0 Å². The van der Waals surface area contributed by atoms with Crippen molar-refractivity contribution in [2.24, 2.45) is 0 Å². The first-order valence-electron chi connectivity index (χ1n) is 34.5. The third-order valence-corrected chi connectivity index (χ3v) is 16.3. The summed E-state index contributed by atoms with van der Waals surface area (Å²) in [5.74, 6) is -0.187. The lowest BCUT2D eigenvalue weighted by atomic mass is 9.99. The van der Waals surface area contributed by atoms with E-state index in [0.717, 1.165) is 51.4 Å². The van der Waals surface area contributed by atoms with E-state index in [1.165, 1.54) is 257 Å². The molecule has 1 amide bonds. The summed E-state index contributed by atoms with van der Waals surface area (Å²) in [5.41, 5.74) is 0. The highest BCUT2D eigenvalue weighted by Crippen LogP contribution is 2.23. The number of carbonyl (C=O) groups excluding carboxylic acids is 1. The molecule has 9 heteroatoms. The van der Waals surface area contributed by atoms with E-state index in [0.29, 0.717) is 6.42 Å². The largest absolute Gasteiger partial charge is 0.394 e. The molecule has 6 N–H and O–H groups in total. The first-order chi connectivity index (χ1) is 39.3. The molecule has 1 heterocycles. The maximum atomic E-state index is 13.1. The molecule has 0 bridgehead atoms. The summed E-state index contributed by atoms with van der Waals surface area (Å²) in [6, 6.07) is -0.831. The Morgan fingerprint density at radius 2 is 0.750 bits per heavy atom. The van der Waals surface area contributed by atoms with Crippen molar-refractivity contribution in [1.82, 2.24) is 5.32 Å². The predicted molar refractivity (Wildman–Crippen MR) is 341 cm³/mol. The van der Waals surface area contributed by atoms with E-state index in [4.69, 9.17) is 9.47 Å². The number of aliphatic hydroxyl groups excluding tert-OH is 5. The first-order valence-corrected chi connectivity index (χ1v) is 34.5. The molecule has 0 aliphatic carbocycles. The van der Waals surface area contributed by atoms with Crippen molar-refractivity contribution in [1.29, 1.82) is 0 Å². The number of aliphatic hydroxyl groups is 5. The number of carbonyl (C=O) groups is 1. The maximum absolute atomic E-state index is 13.1. The van der Waals surface area contributed by atoms with Gasteiger partial charge in [-0.05, 0) is 77.0 Å². The molecule has 0 aromatic rings. The zero-order valence-electron chi connectivity index (χ0n) is 52.3. The van der Waals surface area contributed by atoms with E-state index in [9.17, 15) is 30.3 Å². The quantitative estimate of drug-likeness (QED) is 0.0261. The molecule has 1 fully saturated rings. The number of rotatable bonds is 60. The summed E-state index contributed by atoms with van der Waals surface area (Å²) in [6.07, 6.45) is 76.1. The molecule has 0 spiro atoms. The lowest BCUT2D eigenvalue weighted by molar-refractivity contribution is -0.302. The molecule has 1 saturated heterocycles. The Kier molecular flexibility index (Phi) is 57.0. The fourth-order valence-corrected chi connectivity index (χ4v) is 10.9. The average Bonchev–Trinajstić information content (AvgIpc) is 3.46. The molecule has 0 saturated carbocycles. The van der Waals surface area contributed by atoms with Crippen molar-refractivity contribution in [3.63, 3.8) is 0 Å². The number of hydrogen-bond acceptors (Lipinski definition) is 8. The van der Waals surface area contributed by atoms with E-state index in [2.05, 4.69) is 67.8 Å². The summed E-state index contributed by atoms with van der Waals surface area (Å²) in [5, 5.41) is 54.7. The van der Waals surface area contributed by atoms with Gasteiger partial charge in [0.25, 0.3) is 0 Å². The third-order valence-electron chi connectivity index (χ3n) is 16.3. The Morgan fingerprint density at radius 1 is 0.425 bits per heavy atom. The molecule has 9 nitrogen and oxygen atoms in total. The van der Waals surface area contributed by atoms with Crippen molar-refractivity contribution in [2.45, 2.75) is 371 Å². The average molecular weight is 1130 g/mol. The van der Waals surface area contributed by atoms with Gasteiger partial charge in [-0.3, -0.25) is 4.79 Å². The molecule has 7 atom stereocenters. The highest BCUT2D eigenvalue weighted by molar-refractivity contribution is 5.76. The molecule has 1 aliphatic heterocycles. The van der Waals surface area contributed by atoms with E-state index in [-0.39, 0.29) is 12.5 Å². The van der Waals surface area contributed by atoms with Crippen molar-refractivity contribution in [2.75, 3.05) is 13.2 Å². The maximum Gasteiger partial charge on any atom is 0.220 e. The molecule has 468 valence electrons. The van der Waals surface area contributed by atoms with Crippen LogP contribution >= 0.6 is 0 Å². The van der Waals surface area contributed by atoms with Crippen LogP contribution in [0.5, 0.6) is 0 Å². The summed E-state index contributed by atoms with van der Waals surface area (Å²) >= 11 is 0. The van der Waals surface area contributed by atoms with Crippen LogP contribution in [0.3, 0.4) is 0 Å². The second kappa shape index (κ2) is 60.0. The number of amides is 1. The fraction of sp³-hybridized carbons (Fsp3) is 0.845. The van der Waals surface area contributed by atoms with E-state index in [1.807, 2.05) is 6.08 Å². The van der Waals surface area contributed by atoms with Crippen LogP contribution in [0.25, 0.3) is 0 Å². The van der Waals surface area contributed by atoms with Gasteiger partial charge in [-0.25, -0.2) is 0 Å². The topological polar surface area (TPSA) is 149 Å². The SMILES string of the molecule is CCCCCCCCCCC/C=C\C/C=C\CCCCCCCCCCCCCCCCCCCC(=O)NC(COC1OC(CO)C(O)C(O)C1O)C(O)/C=C/CC/C=C/CC/C=C/CCCCCCCCCCCCCCCC. The highest BCUT2D eigenvalue weighted by Gasteiger charge is 2.44. The van der Waals surface area contributed by atoms with Gasteiger partial charge in [-0.2, -0.15) is 0 Å². The van der Waals surface area contributed by atoms with Crippen LogP contribution in [0.4, 0.5) is 0 Å². The summed E-state index contributed by atoms with van der Waals surface area (Å²) < 4.78 is 11.3. The van der Waals surface area contributed by atoms with Gasteiger partial charge in [0.05, 0.1) is 25.4 Å². The lowest BCUT2D eigenvalue weighted by Crippen LogP contribution is -2.60. The normalized spacial score (nSPS) is 18.8. The fourth-order valence-electron chi connectivity index (χ4n) is 10.9. The molecule has 7 unspecified atom stereocenters. The first kappa shape index (κ1) is 75.9. The van der Waals surface area contributed by atoms with Crippen LogP contribution in [0.1, 0.15) is 328 Å². The minimum Gasteiger partial charge on any atom is -0.394 e. The van der Waals surface area contributed by atoms with Gasteiger partial charge in [0, 0.05) is 6.42 Å². The van der Waals surface area contributed by atoms with E-state index < -0.39 is 49.5 Å². The van der Waals surface area contributed by atoms with E-state index >= 15 is 0 Å². The van der Waals surface area contributed by atoms with Gasteiger partial charge in [-0.1, -0.05) is 306 Å². The minimum absolute atomic E-state index is 0.187. The Balaban J connectivity index is 2.15. The molecule has 0 aromatic heterocycles. The third kappa shape index (κ3) is 48.3. The predicted octanol–water partition coefficient (Wildman–Crippen LogP) is 18.6.